The van der Waals surface area contributed by atoms with E-state index >= 15 is 0 Å². The molecule has 1 aliphatic rings. The second kappa shape index (κ2) is 8.46. The van der Waals surface area contributed by atoms with E-state index in [-0.39, 0.29) is 25.7 Å². The van der Waals surface area contributed by atoms with Gasteiger partial charge in [0.25, 0.3) is 0 Å². The van der Waals surface area contributed by atoms with Crippen molar-refractivity contribution in [2.24, 2.45) is 0 Å². The van der Waals surface area contributed by atoms with Crippen molar-refractivity contribution >= 4 is 8.80 Å². The molecule has 27 heavy (non-hydrogen) atoms. The molecule has 0 spiro atoms. The van der Waals surface area contributed by atoms with E-state index in [4.69, 9.17) is 0 Å². The number of benzene rings is 2. The molecule has 1 nitrogen and oxygen atoms in total. The van der Waals surface area contributed by atoms with E-state index in [1.807, 2.05) is 6.07 Å². The van der Waals surface area contributed by atoms with Crippen LogP contribution < -0.4 is 4.74 Å². The summed E-state index contributed by atoms with van der Waals surface area (Å²) in [6.45, 7) is 2.22. The molecule has 1 heterocycles. The van der Waals surface area contributed by atoms with E-state index in [2.05, 4.69) is 11.7 Å². The SMILES string of the molecule is CCC[Si]1CCC(c2ccc(-c3ccccc3OC(F)(F)F)c(F)c2)CC1. The van der Waals surface area contributed by atoms with Crippen molar-refractivity contribution in [2.75, 3.05) is 0 Å². The second-order valence-electron chi connectivity index (χ2n) is 7.06. The van der Waals surface area contributed by atoms with Crippen LogP contribution in [0.2, 0.25) is 18.1 Å². The maximum absolute atomic E-state index is 14.8. The summed E-state index contributed by atoms with van der Waals surface area (Å²) in [5.41, 5.74) is 1.18. The first-order chi connectivity index (χ1) is 12.9. The summed E-state index contributed by atoms with van der Waals surface area (Å²) in [5.74, 6) is -0.544. The van der Waals surface area contributed by atoms with Gasteiger partial charge in [0.15, 0.2) is 0 Å². The van der Waals surface area contributed by atoms with Gasteiger partial charge in [0.05, 0.1) is 0 Å². The average molecular weight is 395 g/mol. The molecule has 1 saturated heterocycles. The van der Waals surface area contributed by atoms with Crippen molar-refractivity contribution in [2.45, 2.75) is 56.6 Å². The Kier molecular flexibility index (Phi) is 6.24. The number of alkyl halides is 3. The maximum Gasteiger partial charge on any atom is 0.573 e. The molecule has 1 aliphatic heterocycles. The molecule has 145 valence electrons. The Labute approximate surface area is 159 Å². The highest BCUT2D eigenvalue weighted by Gasteiger charge is 2.32. The molecule has 0 saturated carbocycles. The molecule has 1 fully saturated rings. The second-order valence-corrected chi connectivity index (χ2v) is 10.1. The zero-order valence-corrected chi connectivity index (χ0v) is 16.3. The third-order valence-corrected chi connectivity index (χ3v) is 8.36. The zero-order chi connectivity index (χ0) is 19.4. The van der Waals surface area contributed by atoms with Gasteiger partial charge in [-0.1, -0.05) is 61.8 Å². The quantitative estimate of drug-likeness (QED) is 0.385. The summed E-state index contributed by atoms with van der Waals surface area (Å²) in [6.07, 6.45) is -1.41. The summed E-state index contributed by atoms with van der Waals surface area (Å²) in [7, 11) is -0.239. The van der Waals surface area contributed by atoms with E-state index in [9.17, 15) is 17.6 Å². The van der Waals surface area contributed by atoms with Gasteiger partial charge in [-0.15, -0.1) is 13.2 Å². The van der Waals surface area contributed by atoms with Crippen molar-refractivity contribution in [3.63, 3.8) is 0 Å². The standard InChI is InChI=1S/C21H23F4OSi/c1-2-11-27-12-9-15(10-13-27)16-7-8-17(19(22)14-16)18-5-3-4-6-20(18)26-21(23,24)25/h3-8,14-15H,2,9-13H2,1H3. The van der Waals surface area contributed by atoms with Gasteiger partial charge in [-0.2, -0.15) is 0 Å². The first-order valence-electron chi connectivity index (χ1n) is 9.35. The van der Waals surface area contributed by atoms with Crippen LogP contribution in [0.1, 0.15) is 37.7 Å². The molecule has 1 radical (unpaired) electrons. The van der Waals surface area contributed by atoms with E-state index < -0.39 is 12.2 Å². The van der Waals surface area contributed by atoms with E-state index in [0.29, 0.717) is 5.92 Å². The Morgan fingerprint density at radius 1 is 1.04 bits per heavy atom. The molecule has 6 heteroatoms. The minimum absolute atomic E-state index is 0.107. The van der Waals surface area contributed by atoms with Gasteiger partial charge >= 0.3 is 6.36 Å². The van der Waals surface area contributed by atoms with Crippen molar-refractivity contribution in [3.8, 4) is 16.9 Å². The lowest BCUT2D eigenvalue weighted by Gasteiger charge is -2.27. The first-order valence-corrected chi connectivity index (χ1v) is 11.5. The summed E-state index contributed by atoms with van der Waals surface area (Å²) >= 11 is 0. The van der Waals surface area contributed by atoms with Gasteiger partial charge in [0.2, 0.25) is 0 Å². The van der Waals surface area contributed by atoms with Gasteiger partial charge < -0.3 is 4.74 Å². The summed E-state index contributed by atoms with van der Waals surface area (Å²) < 4.78 is 56.7. The zero-order valence-electron chi connectivity index (χ0n) is 15.3. The fourth-order valence-electron chi connectivity index (χ4n) is 3.87. The van der Waals surface area contributed by atoms with Crippen LogP contribution in [-0.2, 0) is 0 Å². The Morgan fingerprint density at radius 2 is 1.74 bits per heavy atom. The van der Waals surface area contributed by atoms with Crippen LogP contribution in [0.25, 0.3) is 11.1 Å². The molecule has 0 aliphatic carbocycles. The van der Waals surface area contributed by atoms with Crippen molar-refractivity contribution in [1.29, 1.82) is 0 Å². The van der Waals surface area contributed by atoms with Crippen LogP contribution in [0.4, 0.5) is 17.6 Å². The van der Waals surface area contributed by atoms with Crippen LogP contribution in [-0.4, -0.2) is 15.2 Å². The number of rotatable bonds is 5. The number of ether oxygens (including phenoxy) is 1. The van der Waals surface area contributed by atoms with Crippen molar-refractivity contribution in [1.82, 2.24) is 0 Å². The number of hydrogen-bond donors (Lipinski definition) is 0. The molecule has 3 rings (SSSR count). The van der Waals surface area contributed by atoms with Gasteiger partial charge in [-0.3, -0.25) is 0 Å². The third kappa shape index (κ3) is 5.12. The lowest BCUT2D eigenvalue weighted by Crippen LogP contribution is -2.20. The molecule has 0 aromatic heterocycles. The Morgan fingerprint density at radius 3 is 2.37 bits per heavy atom. The third-order valence-electron chi connectivity index (χ3n) is 5.16. The molecule has 2 aromatic rings. The maximum atomic E-state index is 14.8. The lowest BCUT2D eigenvalue weighted by molar-refractivity contribution is -0.274. The highest BCUT2D eigenvalue weighted by Crippen LogP contribution is 2.39. The van der Waals surface area contributed by atoms with Gasteiger partial charge in [0.1, 0.15) is 11.6 Å². The highest BCUT2D eigenvalue weighted by atomic mass is 28.3. The molecular weight excluding hydrogens is 372 g/mol. The van der Waals surface area contributed by atoms with Gasteiger partial charge in [-0.05, 0) is 36.5 Å². The number of para-hydroxylation sites is 1. The smallest absolute Gasteiger partial charge is 0.405 e. The number of halogens is 4. The van der Waals surface area contributed by atoms with Crippen molar-refractivity contribution < 1.29 is 22.3 Å². The molecule has 0 bridgehead atoms. The average Bonchev–Trinajstić information content (AvgIpc) is 2.62. The molecule has 0 N–H and O–H groups in total. The van der Waals surface area contributed by atoms with Crippen LogP contribution in [0.3, 0.4) is 0 Å². The Balaban J connectivity index is 1.80. The normalized spacial score (nSPS) is 16.5. The summed E-state index contributed by atoms with van der Waals surface area (Å²) in [5, 5.41) is 0. The fraction of sp³-hybridized carbons (Fsp3) is 0.429. The largest absolute Gasteiger partial charge is 0.573 e. The fourth-order valence-corrected chi connectivity index (χ4v) is 6.84. The molecular formula is C21H23F4OSi. The van der Waals surface area contributed by atoms with E-state index in [1.54, 1.807) is 12.1 Å². The topological polar surface area (TPSA) is 9.23 Å². The minimum Gasteiger partial charge on any atom is -0.405 e. The molecule has 2 aromatic carbocycles. The van der Waals surface area contributed by atoms with Crippen LogP contribution in [0.15, 0.2) is 42.5 Å². The predicted octanol–water partition coefficient (Wildman–Crippen LogP) is 7.17. The van der Waals surface area contributed by atoms with Crippen LogP contribution in [0.5, 0.6) is 5.75 Å². The minimum atomic E-state index is -4.81. The van der Waals surface area contributed by atoms with Crippen LogP contribution in [0, 0.1) is 5.82 Å². The lowest BCUT2D eigenvalue weighted by atomic mass is 9.91. The summed E-state index contributed by atoms with van der Waals surface area (Å²) in [6, 6.07) is 14.4. The predicted molar refractivity (Wildman–Crippen MR) is 101 cm³/mol. The highest BCUT2D eigenvalue weighted by molar-refractivity contribution is 6.59. The first kappa shape index (κ1) is 19.9. The van der Waals surface area contributed by atoms with E-state index in [0.717, 1.165) is 18.4 Å². The molecule has 0 unspecified atom stereocenters. The van der Waals surface area contributed by atoms with E-state index in [1.165, 1.54) is 48.8 Å². The molecule has 0 amide bonds. The number of hydrogen-bond acceptors (Lipinski definition) is 1. The summed E-state index contributed by atoms with van der Waals surface area (Å²) in [4.78, 5) is 0. The monoisotopic (exact) mass is 395 g/mol. The Hall–Kier alpha value is -1.82. The van der Waals surface area contributed by atoms with Crippen LogP contribution >= 0.6 is 0 Å². The Bertz CT molecular complexity index is 767. The molecule has 0 atom stereocenters. The van der Waals surface area contributed by atoms with Gasteiger partial charge in [-0.25, -0.2) is 4.39 Å². The van der Waals surface area contributed by atoms with Crippen molar-refractivity contribution in [3.05, 3.63) is 53.8 Å². The van der Waals surface area contributed by atoms with Gasteiger partial charge in [0, 0.05) is 19.9 Å².